The Hall–Kier alpha value is -2.76. The summed E-state index contributed by atoms with van der Waals surface area (Å²) in [6, 6.07) is 7.23. The number of unbranched alkanes of at least 4 members (excludes halogenated alkanes) is 1. The normalized spacial score (nSPS) is 11.1. The standard InChI is InChI=1S/C21H28N4O2/c1-5-7-12-21(6-2,19(26)24-17-10-8-15(3)13-22-17)20(27)25-18-11-9-16(4)14-23-18/h8-11,13-14H,5-7,12H2,1-4H3,(H,22,24,26)(H,23,25,27). The molecule has 0 saturated carbocycles. The predicted octanol–water partition coefficient (Wildman–Crippen LogP) is 4.26. The first kappa shape index (κ1) is 20.6. The van der Waals surface area contributed by atoms with Gasteiger partial charge in [0.05, 0.1) is 0 Å². The Morgan fingerprint density at radius 3 is 1.70 bits per heavy atom. The maximum Gasteiger partial charge on any atom is 0.241 e. The number of amides is 2. The van der Waals surface area contributed by atoms with Gasteiger partial charge in [0.25, 0.3) is 0 Å². The van der Waals surface area contributed by atoms with Gasteiger partial charge in [-0.2, -0.15) is 0 Å². The summed E-state index contributed by atoms with van der Waals surface area (Å²) in [4.78, 5) is 34.7. The van der Waals surface area contributed by atoms with Crippen LogP contribution in [0.2, 0.25) is 0 Å². The predicted molar refractivity (Wildman–Crippen MR) is 107 cm³/mol. The van der Waals surface area contributed by atoms with Crippen LogP contribution < -0.4 is 10.6 Å². The summed E-state index contributed by atoms with van der Waals surface area (Å²) in [7, 11) is 0. The number of hydrogen-bond donors (Lipinski definition) is 2. The zero-order chi connectivity index (χ0) is 19.9. The van der Waals surface area contributed by atoms with Crippen LogP contribution in [-0.4, -0.2) is 21.8 Å². The minimum Gasteiger partial charge on any atom is -0.310 e. The first-order chi connectivity index (χ1) is 12.9. The quantitative estimate of drug-likeness (QED) is 0.682. The van der Waals surface area contributed by atoms with E-state index in [1.807, 2.05) is 39.8 Å². The smallest absolute Gasteiger partial charge is 0.241 e. The zero-order valence-corrected chi connectivity index (χ0v) is 16.5. The lowest BCUT2D eigenvalue weighted by Crippen LogP contribution is -2.46. The van der Waals surface area contributed by atoms with Crippen LogP contribution in [0.3, 0.4) is 0 Å². The zero-order valence-electron chi connectivity index (χ0n) is 16.5. The lowest BCUT2D eigenvalue weighted by Gasteiger charge is -2.29. The van der Waals surface area contributed by atoms with E-state index in [0.29, 0.717) is 24.5 Å². The molecule has 2 amide bonds. The molecular weight excluding hydrogens is 340 g/mol. The van der Waals surface area contributed by atoms with Crippen molar-refractivity contribution < 1.29 is 9.59 Å². The molecule has 6 heteroatoms. The molecule has 27 heavy (non-hydrogen) atoms. The van der Waals surface area contributed by atoms with Gasteiger partial charge in [0.1, 0.15) is 17.1 Å². The Kier molecular flexibility index (Phi) is 7.05. The van der Waals surface area contributed by atoms with Crippen LogP contribution in [-0.2, 0) is 9.59 Å². The lowest BCUT2D eigenvalue weighted by molar-refractivity contribution is -0.138. The molecular formula is C21H28N4O2. The second-order valence-corrected chi connectivity index (χ2v) is 6.89. The highest BCUT2D eigenvalue weighted by Gasteiger charge is 2.44. The van der Waals surface area contributed by atoms with Gasteiger partial charge in [0.2, 0.25) is 11.8 Å². The van der Waals surface area contributed by atoms with E-state index in [-0.39, 0.29) is 11.8 Å². The third-order valence-electron chi connectivity index (χ3n) is 4.74. The van der Waals surface area contributed by atoms with Crippen LogP contribution in [0, 0.1) is 19.3 Å². The van der Waals surface area contributed by atoms with Crippen molar-refractivity contribution in [2.45, 2.75) is 53.4 Å². The second-order valence-electron chi connectivity index (χ2n) is 6.89. The Labute approximate surface area is 160 Å². The summed E-state index contributed by atoms with van der Waals surface area (Å²) >= 11 is 0. The number of pyridine rings is 2. The van der Waals surface area contributed by atoms with E-state index < -0.39 is 5.41 Å². The lowest BCUT2D eigenvalue weighted by atomic mass is 9.78. The average Bonchev–Trinajstić information content (AvgIpc) is 2.66. The third kappa shape index (κ3) is 5.12. The number of nitrogens with one attached hydrogen (secondary N) is 2. The van der Waals surface area contributed by atoms with E-state index in [0.717, 1.165) is 24.0 Å². The van der Waals surface area contributed by atoms with E-state index in [2.05, 4.69) is 20.6 Å². The first-order valence-electron chi connectivity index (χ1n) is 9.39. The monoisotopic (exact) mass is 368 g/mol. The first-order valence-corrected chi connectivity index (χ1v) is 9.39. The summed E-state index contributed by atoms with van der Waals surface area (Å²) in [5.74, 6) is 0.223. The summed E-state index contributed by atoms with van der Waals surface area (Å²) in [5.41, 5.74) is 0.836. The number of hydrogen-bond acceptors (Lipinski definition) is 4. The van der Waals surface area contributed by atoms with Crippen LogP contribution in [0.15, 0.2) is 36.7 Å². The fourth-order valence-electron chi connectivity index (χ4n) is 2.86. The molecule has 6 nitrogen and oxygen atoms in total. The van der Waals surface area contributed by atoms with Crippen molar-refractivity contribution in [1.82, 2.24) is 9.97 Å². The van der Waals surface area contributed by atoms with Gasteiger partial charge < -0.3 is 10.6 Å². The fourth-order valence-corrected chi connectivity index (χ4v) is 2.86. The van der Waals surface area contributed by atoms with E-state index in [1.54, 1.807) is 24.5 Å². The Morgan fingerprint density at radius 1 is 0.889 bits per heavy atom. The Bertz CT molecular complexity index is 710. The van der Waals surface area contributed by atoms with Crippen molar-refractivity contribution in [3.05, 3.63) is 47.8 Å². The highest BCUT2D eigenvalue weighted by Crippen LogP contribution is 2.32. The molecule has 2 N–H and O–H groups in total. The highest BCUT2D eigenvalue weighted by molar-refractivity contribution is 6.14. The average molecular weight is 368 g/mol. The van der Waals surface area contributed by atoms with E-state index in [4.69, 9.17) is 0 Å². The molecule has 0 bridgehead atoms. The Morgan fingerprint density at radius 2 is 1.37 bits per heavy atom. The van der Waals surface area contributed by atoms with Gasteiger partial charge >= 0.3 is 0 Å². The molecule has 0 atom stereocenters. The van der Waals surface area contributed by atoms with Gasteiger partial charge in [-0.15, -0.1) is 0 Å². The molecule has 0 spiro atoms. The summed E-state index contributed by atoms with van der Waals surface area (Å²) in [6.45, 7) is 7.76. The fraction of sp³-hybridized carbons (Fsp3) is 0.429. The minimum atomic E-state index is -1.17. The maximum absolute atomic E-state index is 13.1. The van der Waals surface area contributed by atoms with E-state index in [1.165, 1.54) is 0 Å². The molecule has 144 valence electrons. The number of aryl methyl sites for hydroxylation is 2. The Balaban J connectivity index is 2.25. The third-order valence-corrected chi connectivity index (χ3v) is 4.74. The van der Waals surface area contributed by atoms with Gasteiger partial charge in [0.15, 0.2) is 0 Å². The number of anilines is 2. The van der Waals surface area contributed by atoms with Crippen molar-refractivity contribution in [2.24, 2.45) is 5.41 Å². The molecule has 2 aromatic heterocycles. The molecule has 0 fully saturated rings. The number of carbonyl (C=O) groups excluding carboxylic acids is 2. The molecule has 2 aromatic rings. The van der Waals surface area contributed by atoms with E-state index in [9.17, 15) is 9.59 Å². The molecule has 0 radical (unpaired) electrons. The van der Waals surface area contributed by atoms with Crippen LogP contribution in [0.4, 0.5) is 11.6 Å². The summed E-state index contributed by atoms with van der Waals surface area (Å²) in [6.07, 6.45) is 5.90. The molecule has 0 aliphatic carbocycles. The number of nitrogens with zero attached hydrogens (tertiary/aromatic N) is 2. The molecule has 0 aliphatic heterocycles. The number of aromatic nitrogens is 2. The number of carbonyl (C=O) groups is 2. The van der Waals surface area contributed by atoms with Gasteiger partial charge in [0, 0.05) is 12.4 Å². The van der Waals surface area contributed by atoms with Crippen molar-refractivity contribution in [2.75, 3.05) is 10.6 Å². The van der Waals surface area contributed by atoms with Crippen molar-refractivity contribution >= 4 is 23.5 Å². The van der Waals surface area contributed by atoms with Crippen molar-refractivity contribution in [3.63, 3.8) is 0 Å². The SMILES string of the molecule is CCCCC(CC)(C(=O)Nc1ccc(C)cn1)C(=O)Nc1ccc(C)cn1. The number of rotatable bonds is 8. The van der Waals surface area contributed by atoms with Crippen LogP contribution >= 0.6 is 0 Å². The van der Waals surface area contributed by atoms with Crippen LogP contribution in [0.25, 0.3) is 0 Å². The van der Waals surface area contributed by atoms with Crippen molar-refractivity contribution in [3.8, 4) is 0 Å². The van der Waals surface area contributed by atoms with Gasteiger partial charge in [-0.05, 0) is 49.9 Å². The second kappa shape index (κ2) is 9.26. The van der Waals surface area contributed by atoms with E-state index >= 15 is 0 Å². The molecule has 2 rings (SSSR count). The summed E-state index contributed by atoms with van der Waals surface area (Å²) < 4.78 is 0. The van der Waals surface area contributed by atoms with Gasteiger partial charge in [-0.3, -0.25) is 9.59 Å². The van der Waals surface area contributed by atoms with Crippen molar-refractivity contribution in [1.29, 1.82) is 0 Å². The van der Waals surface area contributed by atoms with Gasteiger partial charge in [-0.25, -0.2) is 9.97 Å². The molecule has 2 heterocycles. The topological polar surface area (TPSA) is 84.0 Å². The van der Waals surface area contributed by atoms with Gasteiger partial charge in [-0.1, -0.05) is 38.8 Å². The maximum atomic E-state index is 13.1. The molecule has 0 saturated heterocycles. The molecule has 0 aliphatic rings. The molecule has 0 unspecified atom stereocenters. The van der Waals surface area contributed by atoms with Crippen LogP contribution in [0.5, 0.6) is 0 Å². The largest absolute Gasteiger partial charge is 0.310 e. The highest BCUT2D eigenvalue weighted by atomic mass is 16.2. The van der Waals surface area contributed by atoms with Crippen LogP contribution in [0.1, 0.15) is 50.7 Å². The molecule has 0 aromatic carbocycles. The summed E-state index contributed by atoms with van der Waals surface area (Å²) in [5, 5.41) is 5.63. The minimum absolute atomic E-state index is 0.334.